The molecule has 0 aliphatic carbocycles. The van der Waals surface area contributed by atoms with Crippen molar-refractivity contribution in [1.82, 2.24) is 9.97 Å². The second-order valence-corrected chi connectivity index (χ2v) is 5.94. The summed E-state index contributed by atoms with van der Waals surface area (Å²) < 4.78 is 0. The minimum Gasteiger partial charge on any atom is -0.395 e. The largest absolute Gasteiger partial charge is 0.395 e. The van der Waals surface area contributed by atoms with Gasteiger partial charge in [0.2, 0.25) is 0 Å². The Bertz CT molecular complexity index is 784. The predicted octanol–water partition coefficient (Wildman–Crippen LogP) is 2.25. The molecular formula is C15H16N6S. The number of nitrogens with one attached hydrogen (secondary N) is 1. The number of anilines is 3. The zero-order chi connectivity index (χ0) is 15.5. The van der Waals surface area contributed by atoms with Gasteiger partial charge in [-0.15, -0.1) is 11.3 Å². The van der Waals surface area contributed by atoms with E-state index in [4.69, 9.17) is 17.3 Å². The van der Waals surface area contributed by atoms with Crippen LogP contribution in [0.5, 0.6) is 0 Å². The molecule has 3 heterocycles. The topological polar surface area (TPSA) is 116 Å². The van der Waals surface area contributed by atoms with Crippen LogP contribution in [0.1, 0.15) is 10.4 Å². The Morgan fingerprint density at radius 2 is 2.00 bits per heavy atom. The summed E-state index contributed by atoms with van der Waals surface area (Å²) in [5.41, 5.74) is 16.7. The van der Waals surface area contributed by atoms with E-state index in [1.54, 1.807) is 23.6 Å². The first kappa shape index (κ1) is 14.3. The zero-order valence-electron chi connectivity index (χ0n) is 11.8. The van der Waals surface area contributed by atoms with E-state index in [0.717, 1.165) is 16.1 Å². The monoisotopic (exact) mass is 312 g/mol. The molecule has 0 saturated carbocycles. The number of thiophene rings is 1. The molecule has 0 amide bonds. The number of pyridine rings is 2. The van der Waals surface area contributed by atoms with E-state index in [9.17, 15) is 0 Å². The van der Waals surface area contributed by atoms with Crippen molar-refractivity contribution >= 4 is 28.7 Å². The molecule has 112 valence electrons. The van der Waals surface area contributed by atoms with Crippen LogP contribution in [0.15, 0.2) is 42.6 Å². The number of hydrogen-bond donors (Lipinski definition) is 4. The maximum atomic E-state index is 6.06. The van der Waals surface area contributed by atoms with Gasteiger partial charge < -0.3 is 16.9 Å². The maximum absolute atomic E-state index is 6.06. The van der Waals surface area contributed by atoms with Gasteiger partial charge in [-0.1, -0.05) is 6.07 Å². The molecule has 0 bridgehead atoms. The Morgan fingerprint density at radius 3 is 2.73 bits per heavy atom. The highest BCUT2D eigenvalue weighted by Crippen LogP contribution is 2.31. The number of hydrogen-bond acceptors (Lipinski definition) is 7. The van der Waals surface area contributed by atoms with Gasteiger partial charge in [0.1, 0.15) is 5.82 Å². The molecule has 0 radical (unpaired) electrons. The third kappa shape index (κ3) is 2.85. The summed E-state index contributed by atoms with van der Waals surface area (Å²) in [6, 6.07) is 11.8. The summed E-state index contributed by atoms with van der Waals surface area (Å²) in [7, 11) is 0. The number of nitrogen functional groups attached to an aromatic ring is 3. The summed E-state index contributed by atoms with van der Waals surface area (Å²) in [6.07, 6.45) is 2.46. The second kappa shape index (κ2) is 6.00. The Balaban J connectivity index is 1.89. The van der Waals surface area contributed by atoms with Gasteiger partial charge in [0.05, 0.1) is 16.3 Å². The third-order valence-electron chi connectivity index (χ3n) is 3.24. The Labute approximate surface area is 132 Å². The van der Waals surface area contributed by atoms with Gasteiger partial charge >= 0.3 is 0 Å². The van der Waals surface area contributed by atoms with Gasteiger partial charge in [-0.2, -0.15) is 0 Å². The highest BCUT2D eigenvalue weighted by molar-refractivity contribution is 7.15. The summed E-state index contributed by atoms with van der Waals surface area (Å²) >= 11 is 1.68. The molecule has 0 fully saturated rings. The number of hydrazine groups is 1. The Kier molecular flexibility index (Phi) is 3.90. The molecule has 7 heteroatoms. The van der Waals surface area contributed by atoms with Crippen LogP contribution in [-0.2, 0) is 6.42 Å². The molecule has 3 rings (SSSR count). The maximum Gasteiger partial charge on any atom is 0.165 e. The van der Waals surface area contributed by atoms with E-state index in [0.29, 0.717) is 23.7 Å². The Hall–Kier alpha value is -2.64. The van der Waals surface area contributed by atoms with Crippen molar-refractivity contribution in [3.05, 3.63) is 53.0 Å². The van der Waals surface area contributed by atoms with Crippen LogP contribution in [0.25, 0.3) is 10.6 Å². The fourth-order valence-corrected chi connectivity index (χ4v) is 3.20. The van der Waals surface area contributed by atoms with Gasteiger partial charge in [-0.05, 0) is 35.9 Å². The van der Waals surface area contributed by atoms with E-state index >= 15 is 0 Å². The van der Waals surface area contributed by atoms with E-state index in [-0.39, 0.29) is 0 Å². The lowest BCUT2D eigenvalue weighted by molar-refractivity contribution is 1.18. The van der Waals surface area contributed by atoms with Crippen LogP contribution < -0.4 is 22.7 Å². The van der Waals surface area contributed by atoms with Crippen molar-refractivity contribution in [1.29, 1.82) is 0 Å². The first-order chi connectivity index (χ1) is 10.7. The van der Waals surface area contributed by atoms with Crippen LogP contribution in [-0.4, -0.2) is 9.97 Å². The van der Waals surface area contributed by atoms with Crippen molar-refractivity contribution in [2.45, 2.75) is 6.42 Å². The first-order valence-corrected chi connectivity index (χ1v) is 7.50. The Morgan fingerprint density at radius 1 is 1.14 bits per heavy atom. The van der Waals surface area contributed by atoms with Crippen LogP contribution in [0.2, 0.25) is 0 Å². The summed E-state index contributed by atoms with van der Waals surface area (Å²) in [5, 5.41) is 0. The molecule has 22 heavy (non-hydrogen) atoms. The van der Waals surface area contributed by atoms with Crippen molar-refractivity contribution in [2.75, 3.05) is 16.9 Å². The van der Waals surface area contributed by atoms with Crippen molar-refractivity contribution in [2.24, 2.45) is 5.84 Å². The van der Waals surface area contributed by atoms with E-state index in [2.05, 4.69) is 27.5 Å². The number of nitrogens with zero attached hydrogens (tertiary/aromatic N) is 2. The molecule has 6 nitrogen and oxygen atoms in total. The summed E-state index contributed by atoms with van der Waals surface area (Å²) in [6.45, 7) is 0. The molecule has 7 N–H and O–H groups in total. The van der Waals surface area contributed by atoms with Crippen LogP contribution in [0.4, 0.5) is 17.3 Å². The number of rotatable bonds is 4. The summed E-state index contributed by atoms with van der Waals surface area (Å²) in [5.74, 6) is 6.20. The molecule has 0 aliphatic rings. The lowest BCUT2D eigenvalue weighted by Crippen LogP contribution is -2.13. The van der Waals surface area contributed by atoms with Crippen molar-refractivity contribution in [3.8, 4) is 10.6 Å². The van der Waals surface area contributed by atoms with E-state index < -0.39 is 0 Å². The quantitative estimate of drug-likeness (QED) is 0.434. The van der Waals surface area contributed by atoms with Crippen LogP contribution >= 0.6 is 11.3 Å². The average molecular weight is 312 g/mol. The standard InChI is InChI=1S/C15H16N6S/c16-13-8-9(14(17)15(20-13)21-18)7-10-4-5-12(22-10)11-3-1-2-6-19-11/h1-6,8H,7,17-18H2,(H3,16,20,21). The average Bonchev–Trinajstić information content (AvgIpc) is 3.00. The smallest absolute Gasteiger partial charge is 0.165 e. The lowest BCUT2D eigenvalue weighted by atomic mass is 10.1. The van der Waals surface area contributed by atoms with Crippen molar-refractivity contribution < 1.29 is 0 Å². The molecule has 0 unspecified atom stereocenters. The molecule has 0 saturated heterocycles. The normalized spacial score (nSPS) is 10.6. The van der Waals surface area contributed by atoms with E-state index in [1.807, 2.05) is 18.2 Å². The van der Waals surface area contributed by atoms with Gasteiger partial charge in [-0.3, -0.25) is 4.98 Å². The van der Waals surface area contributed by atoms with Crippen LogP contribution in [0, 0.1) is 0 Å². The third-order valence-corrected chi connectivity index (χ3v) is 4.35. The molecular weight excluding hydrogens is 296 g/mol. The number of aromatic nitrogens is 2. The minimum atomic E-state index is 0.388. The summed E-state index contributed by atoms with van der Waals surface area (Å²) in [4.78, 5) is 10.7. The highest BCUT2D eigenvalue weighted by Gasteiger charge is 2.11. The molecule has 0 aromatic carbocycles. The zero-order valence-corrected chi connectivity index (χ0v) is 12.6. The number of nitrogens with two attached hydrogens (primary N) is 3. The van der Waals surface area contributed by atoms with Gasteiger partial charge in [0, 0.05) is 17.5 Å². The fourth-order valence-electron chi connectivity index (χ4n) is 2.19. The molecule has 0 spiro atoms. The molecule has 3 aromatic rings. The van der Waals surface area contributed by atoms with Crippen LogP contribution in [0.3, 0.4) is 0 Å². The lowest BCUT2D eigenvalue weighted by Gasteiger charge is -2.10. The molecule has 3 aromatic heterocycles. The van der Waals surface area contributed by atoms with E-state index in [1.165, 1.54) is 4.88 Å². The predicted molar refractivity (Wildman–Crippen MR) is 91.2 cm³/mol. The SMILES string of the molecule is NNc1nc(N)cc(Cc2ccc(-c3ccccn3)s2)c1N. The first-order valence-electron chi connectivity index (χ1n) is 6.69. The van der Waals surface area contributed by atoms with Gasteiger partial charge in [0.25, 0.3) is 0 Å². The van der Waals surface area contributed by atoms with Gasteiger partial charge in [0.15, 0.2) is 5.82 Å². The second-order valence-electron chi connectivity index (χ2n) is 4.77. The fraction of sp³-hybridized carbons (Fsp3) is 0.0667. The van der Waals surface area contributed by atoms with Crippen molar-refractivity contribution in [3.63, 3.8) is 0 Å². The minimum absolute atomic E-state index is 0.388. The molecule has 0 aliphatic heterocycles. The molecule has 0 atom stereocenters. The van der Waals surface area contributed by atoms with Gasteiger partial charge in [-0.25, -0.2) is 10.8 Å². The highest BCUT2D eigenvalue weighted by atomic mass is 32.1.